The van der Waals surface area contributed by atoms with Crippen LogP contribution in [-0.4, -0.2) is 28.1 Å². The molecule has 1 rings (SSSR count). The number of hydrogen-bond donors (Lipinski definition) is 2. The van der Waals surface area contributed by atoms with Crippen LogP contribution in [-0.2, 0) is 10.0 Å². The molecule has 0 saturated carbocycles. The average Bonchev–Trinajstić information content (AvgIpc) is 2.28. The number of likely N-dealkylation sites (N-methyl/N-ethyl adjacent to an activating group) is 1. The normalized spacial score (nSPS) is 11.7. The molecule has 0 aliphatic heterocycles. The fourth-order valence-electron chi connectivity index (χ4n) is 1.27. The Morgan fingerprint density at radius 3 is 2.59 bits per heavy atom. The van der Waals surface area contributed by atoms with Crippen molar-refractivity contribution >= 4 is 21.6 Å². The van der Waals surface area contributed by atoms with Gasteiger partial charge in [0, 0.05) is 18.1 Å². The molecular weight excluding hydrogens is 260 g/mol. The van der Waals surface area contributed by atoms with Crippen molar-refractivity contribution < 1.29 is 8.42 Å². The van der Waals surface area contributed by atoms with Crippen LogP contribution in [0.4, 0.5) is 0 Å². The fourth-order valence-corrected chi connectivity index (χ4v) is 2.58. The highest BCUT2D eigenvalue weighted by Crippen LogP contribution is 2.19. The SMILES string of the molecule is CCNCCNS(=O)(=O)c1ccc(C)c(Cl)c1. The third-order valence-electron chi connectivity index (χ3n) is 2.30. The summed E-state index contributed by atoms with van der Waals surface area (Å²) in [5.74, 6) is 0. The lowest BCUT2D eigenvalue weighted by Gasteiger charge is -2.08. The number of rotatable bonds is 6. The first kappa shape index (κ1) is 14.4. The van der Waals surface area contributed by atoms with E-state index in [0.29, 0.717) is 18.1 Å². The minimum Gasteiger partial charge on any atom is -0.316 e. The van der Waals surface area contributed by atoms with Crippen molar-refractivity contribution in [1.29, 1.82) is 0 Å². The fraction of sp³-hybridized carbons (Fsp3) is 0.455. The van der Waals surface area contributed by atoms with E-state index in [2.05, 4.69) is 10.0 Å². The van der Waals surface area contributed by atoms with E-state index in [1.165, 1.54) is 6.07 Å². The van der Waals surface area contributed by atoms with Gasteiger partial charge in [0.2, 0.25) is 10.0 Å². The number of aryl methyl sites for hydroxylation is 1. The van der Waals surface area contributed by atoms with E-state index >= 15 is 0 Å². The first-order chi connectivity index (χ1) is 7.97. The van der Waals surface area contributed by atoms with Crippen LogP contribution in [0.15, 0.2) is 23.1 Å². The highest BCUT2D eigenvalue weighted by Gasteiger charge is 2.13. The van der Waals surface area contributed by atoms with Crippen LogP contribution in [0.25, 0.3) is 0 Å². The molecule has 0 atom stereocenters. The predicted molar refractivity (Wildman–Crippen MR) is 69.9 cm³/mol. The van der Waals surface area contributed by atoms with Gasteiger partial charge in [-0.2, -0.15) is 0 Å². The van der Waals surface area contributed by atoms with Gasteiger partial charge in [0.05, 0.1) is 4.90 Å². The third kappa shape index (κ3) is 4.27. The Labute approximate surface area is 107 Å². The van der Waals surface area contributed by atoms with Gasteiger partial charge in [-0.3, -0.25) is 0 Å². The maximum Gasteiger partial charge on any atom is 0.240 e. The van der Waals surface area contributed by atoms with Crippen LogP contribution >= 0.6 is 11.6 Å². The molecule has 0 amide bonds. The van der Waals surface area contributed by atoms with Crippen molar-refractivity contribution in [1.82, 2.24) is 10.0 Å². The van der Waals surface area contributed by atoms with Crippen LogP contribution in [0.3, 0.4) is 0 Å². The topological polar surface area (TPSA) is 58.2 Å². The molecule has 1 aromatic carbocycles. The lowest BCUT2D eigenvalue weighted by molar-refractivity contribution is 0.577. The molecular formula is C11H17ClN2O2S. The van der Waals surface area contributed by atoms with Gasteiger partial charge in [-0.1, -0.05) is 24.6 Å². The average molecular weight is 277 g/mol. The van der Waals surface area contributed by atoms with Crippen LogP contribution in [0.1, 0.15) is 12.5 Å². The van der Waals surface area contributed by atoms with E-state index in [1.807, 2.05) is 13.8 Å². The van der Waals surface area contributed by atoms with Crippen molar-refractivity contribution in [2.75, 3.05) is 19.6 Å². The van der Waals surface area contributed by atoms with Gasteiger partial charge in [-0.25, -0.2) is 13.1 Å². The summed E-state index contributed by atoms with van der Waals surface area (Å²) in [5, 5.41) is 3.50. The van der Waals surface area contributed by atoms with Gasteiger partial charge in [0.1, 0.15) is 0 Å². The molecule has 0 saturated heterocycles. The Morgan fingerprint density at radius 2 is 2.00 bits per heavy atom. The minimum atomic E-state index is -3.45. The summed E-state index contributed by atoms with van der Waals surface area (Å²) in [4.78, 5) is 0.199. The number of benzene rings is 1. The largest absolute Gasteiger partial charge is 0.316 e. The molecule has 0 aliphatic carbocycles. The third-order valence-corrected chi connectivity index (χ3v) is 4.16. The van der Waals surface area contributed by atoms with Crippen LogP contribution in [0.2, 0.25) is 5.02 Å². The number of nitrogens with one attached hydrogen (secondary N) is 2. The molecule has 0 radical (unpaired) electrons. The molecule has 0 aromatic heterocycles. The number of hydrogen-bond acceptors (Lipinski definition) is 3. The van der Waals surface area contributed by atoms with E-state index in [9.17, 15) is 8.42 Å². The summed E-state index contributed by atoms with van der Waals surface area (Å²) in [7, 11) is -3.45. The molecule has 0 unspecified atom stereocenters. The van der Waals surface area contributed by atoms with Gasteiger partial charge in [-0.05, 0) is 31.2 Å². The van der Waals surface area contributed by atoms with Crippen molar-refractivity contribution in [3.05, 3.63) is 28.8 Å². The number of sulfonamides is 1. The van der Waals surface area contributed by atoms with Crippen LogP contribution in [0.5, 0.6) is 0 Å². The Kier molecular flexibility index (Phi) is 5.39. The molecule has 17 heavy (non-hydrogen) atoms. The van der Waals surface area contributed by atoms with Gasteiger partial charge in [0.15, 0.2) is 0 Å². The first-order valence-electron chi connectivity index (χ1n) is 5.44. The zero-order valence-electron chi connectivity index (χ0n) is 9.96. The van der Waals surface area contributed by atoms with Crippen LogP contribution in [0, 0.1) is 6.92 Å². The van der Waals surface area contributed by atoms with E-state index in [0.717, 1.165) is 12.1 Å². The van der Waals surface area contributed by atoms with E-state index in [1.54, 1.807) is 12.1 Å². The summed E-state index contributed by atoms with van der Waals surface area (Å²) >= 11 is 5.90. The monoisotopic (exact) mass is 276 g/mol. The van der Waals surface area contributed by atoms with Crippen molar-refractivity contribution in [3.8, 4) is 0 Å². The zero-order valence-corrected chi connectivity index (χ0v) is 11.5. The summed E-state index contributed by atoms with van der Waals surface area (Å²) in [6, 6.07) is 4.71. The highest BCUT2D eigenvalue weighted by atomic mass is 35.5. The van der Waals surface area contributed by atoms with E-state index in [-0.39, 0.29) is 4.90 Å². The molecule has 0 aliphatic rings. The molecule has 0 fully saturated rings. The van der Waals surface area contributed by atoms with Crippen molar-refractivity contribution in [2.24, 2.45) is 0 Å². The smallest absolute Gasteiger partial charge is 0.240 e. The molecule has 4 nitrogen and oxygen atoms in total. The second-order valence-corrected chi connectivity index (χ2v) is 5.84. The maximum absolute atomic E-state index is 11.9. The van der Waals surface area contributed by atoms with Gasteiger partial charge in [0.25, 0.3) is 0 Å². The molecule has 2 N–H and O–H groups in total. The predicted octanol–water partition coefficient (Wildman–Crippen LogP) is 1.54. The lowest BCUT2D eigenvalue weighted by atomic mass is 10.2. The zero-order chi connectivity index (χ0) is 12.9. The second kappa shape index (κ2) is 6.35. The quantitative estimate of drug-likeness (QED) is 0.775. The van der Waals surface area contributed by atoms with Gasteiger partial charge >= 0.3 is 0 Å². The Balaban J connectivity index is 2.72. The molecule has 0 heterocycles. The molecule has 96 valence electrons. The molecule has 0 bridgehead atoms. The van der Waals surface area contributed by atoms with Gasteiger partial charge < -0.3 is 5.32 Å². The molecule has 6 heteroatoms. The lowest BCUT2D eigenvalue weighted by Crippen LogP contribution is -2.31. The Morgan fingerprint density at radius 1 is 1.29 bits per heavy atom. The highest BCUT2D eigenvalue weighted by molar-refractivity contribution is 7.89. The van der Waals surface area contributed by atoms with E-state index < -0.39 is 10.0 Å². The Hall–Kier alpha value is -0.620. The standard InChI is InChI=1S/C11H17ClN2O2S/c1-3-13-6-7-14-17(15,16)10-5-4-9(2)11(12)8-10/h4-5,8,13-14H,3,6-7H2,1-2H3. The van der Waals surface area contributed by atoms with Crippen molar-refractivity contribution in [2.45, 2.75) is 18.7 Å². The van der Waals surface area contributed by atoms with E-state index in [4.69, 9.17) is 11.6 Å². The molecule has 1 aromatic rings. The van der Waals surface area contributed by atoms with Crippen molar-refractivity contribution in [3.63, 3.8) is 0 Å². The first-order valence-corrected chi connectivity index (χ1v) is 7.30. The summed E-state index contributed by atoms with van der Waals surface area (Å²) in [6.07, 6.45) is 0. The molecule has 0 spiro atoms. The summed E-state index contributed by atoms with van der Waals surface area (Å²) < 4.78 is 26.2. The second-order valence-electron chi connectivity index (χ2n) is 3.66. The maximum atomic E-state index is 11.9. The van der Waals surface area contributed by atoms with Crippen LogP contribution < -0.4 is 10.0 Å². The Bertz CT molecular complexity index is 474. The number of halogens is 1. The minimum absolute atomic E-state index is 0.199. The summed E-state index contributed by atoms with van der Waals surface area (Å²) in [6.45, 7) is 5.58. The van der Waals surface area contributed by atoms with Gasteiger partial charge in [-0.15, -0.1) is 0 Å². The summed E-state index contributed by atoms with van der Waals surface area (Å²) in [5.41, 5.74) is 0.860.